The van der Waals surface area contributed by atoms with Crippen molar-refractivity contribution in [2.24, 2.45) is 4.99 Å². The number of aliphatic imine (C=N–C) groups is 1. The summed E-state index contributed by atoms with van der Waals surface area (Å²) in [4.78, 5) is 4.30. The number of rotatable bonds is 4. The van der Waals surface area contributed by atoms with Gasteiger partial charge in [-0.3, -0.25) is 4.99 Å². The molecule has 0 amide bonds. The highest BCUT2D eigenvalue weighted by molar-refractivity contribution is 5.80. The zero-order valence-electron chi connectivity index (χ0n) is 10.4. The van der Waals surface area contributed by atoms with Gasteiger partial charge in [-0.15, -0.1) is 0 Å². The van der Waals surface area contributed by atoms with Gasteiger partial charge in [0.1, 0.15) is 17.7 Å². The van der Waals surface area contributed by atoms with E-state index in [2.05, 4.69) is 15.6 Å². The number of guanidine groups is 1. The fraction of sp³-hybridized carbons (Fsp3) is 0.462. The van der Waals surface area contributed by atoms with Crippen molar-refractivity contribution in [3.63, 3.8) is 0 Å². The van der Waals surface area contributed by atoms with Crippen LogP contribution >= 0.6 is 0 Å². The van der Waals surface area contributed by atoms with Gasteiger partial charge in [0, 0.05) is 19.2 Å². The van der Waals surface area contributed by atoms with E-state index in [0.717, 1.165) is 25.5 Å². The van der Waals surface area contributed by atoms with Gasteiger partial charge in [-0.25, -0.2) is 4.39 Å². The Labute approximate surface area is 106 Å². The maximum absolute atomic E-state index is 13.0. The summed E-state index contributed by atoms with van der Waals surface area (Å²) in [5.74, 6) is 1.07. The van der Waals surface area contributed by atoms with E-state index in [1.165, 1.54) is 12.1 Å². The first-order chi connectivity index (χ1) is 8.74. The summed E-state index contributed by atoms with van der Waals surface area (Å²) in [5, 5.41) is 6.35. The molecule has 2 N–H and O–H groups in total. The summed E-state index contributed by atoms with van der Waals surface area (Å²) in [6, 6.07) is 6.16. The minimum absolute atomic E-state index is 0.0572. The molecule has 0 radical (unpaired) electrons. The summed E-state index contributed by atoms with van der Waals surface area (Å²) in [6.45, 7) is 4.36. The molecule has 1 unspecified atom stereocenters. The Morgan fingerprint density at radius 2 is 2.44 bits per heavy atom. The fourth-order valence-corrected chi connectivity index (χ4v) is 1.71. The molecule has 1 aromatic rings. The topological polar surface area (TPSA) is 45.7 Å². The highest BCUT2D eigenvalue weighted by Crippen LogP contribution is 2.13. The molecule has 1 aliphatic rings. The normalized spacial score (nSPS) is 16.4. The van der Waals surface area contributed by atoms with Crippen LogP contribution in [0.25, 0.3) is 0 Å². The van der Waals surface area contributed by atoms with Crippen molar-refractivity contribution in [1.29, 1.82) is 0 Å². The van der Waals surface area contributed by atoms with Gasteiger partial charge < -0.3 is 15.4 Å². The maximum atomic E-state index is 13.0. The van der Waals surface area contributed by atoms with Gasteiger partial charge in [-0.1, -0.05) is 6.07 Å². The van der Waals surface area contributed by atoms with Gasteiger partial charge in [0.25, 0.3) is 0 Å². The van der Waals surface area contributed by atoms with E-state index in [4.69, 9.17) is 4.74 Å². The van der Waals surface area contributed by atoms with E-state index in [-0.39, 0.29) is 11.9 Å². The molecule has 0 aliphatic carbocycles. The minimum atomic E-state index is -0.286. The Bertz CT molecular complexity index is 422. The van der Waals surface area contributed by atoms with Crippen LogP contribution in [0, 0.1) is 5.82 Å². The Morgan fingerprint density at radius 1 is 1.56 bits per heavy atom. The number of nitrogens with one attached hydrogen (secondary N) is 2. The van der Waals surface area contributed by atoms with Crippen LogP contribution in [0.1, 0.15) is 13.3 Å². The summed E-state index contributed by atoms with van der Waals surface area (Å²) < 4.78 is 18.6. The van der Waals surface area contributed by atoms with Crippen LogP contribution in [0.15, 0.2) is 29.3 Å². The van der Waals surface area contributed by atoms with Crippen LogP contribution in [0.4, 0.5) is 4.39 Å². The second-order valence-corrected chi connectivity index (χ2v) is 4.28. The standard InChI is InChI=1S/C13H18FN3O/c1-10(9-17-13-15-6-3-7-16-13)18-12-5-2-4-11(14)8-12/h2,4-5,8,10H,3,6-7,9H2,1H3,(H2,15,16,17). The SMILES string of the molecule is CC(CNC1=NCCCN1)Oc1cccc(F)c1. The number of nitrogens with zero attached hydrogens (tertiary/aromatic N) is 1. The molecule has 1 aliphatic heterocycles. The predicted molar refractivity (Wildman–Crippen MR) is 69.4 cm³/mol. The number of halogens is 1. The number of hydrogen-bond donors (Lipinski definition) is 2. The third-order valence-corrected chi connectivity index (χ3v) is 2.59. The van der Waals surface area contributed by atoms with E-state index in [1.54, 1.807) is 12.1 Å². The highest BCUT2D eigenvalue weighted by Gasteiger charge is 2.07. The van der Waals surface area contributed by atoms with Gasteiger partial charge in [-0.2, -0.15) is 0 Å². The lowest BCUT2D eigenvalue weighted by atomic mass is 10.3. The first kappa shape index (κ1) is 12.7. The highest BCUT2D eigenvalue weighted by atomic mass is 19.1. The Balaban J connectivity index is 1.78. The van der Waals surface area contributed by atoms with E-state index in [0.29, 0.717) is 12.3 Å². The molecule has 0 spiro atoms. The molecule has 1 aromatic carbocycles. The van der Waals surface area contributed by atoms with E-state index >= 15 is 0 Å². The minimum Gasteiger partial charge on any atom is -0.489 e. The lowest BCUT2D eigenvalue weighted by Crippen LogP contribution is -2.44. The molecule has 18 heavy (non-hydrogen) atoms. The largest absolute Gasteiger partial charge is 0.489 e. The van der Waals surface area contributed by atoms with Gasteiger partial charge in [0.2, 0.25) is 0 Å². The summed E-state index contributed by atoms with van der Waals surface area (Å²) in [7, 11) is 0. The number of benzene rings is 1. The summed E-state index contributed by atoms with van der Waals surface area (Å²) >= 11 is 0. The van der Waals surface area contributed by atoms with Crippen LogP contribution < -0.4 is 15.4 Å². The van der Waals surface area contributed by atoms with Crippen molar-refractivity contribution < 1.29 is 9.13 Å². The predicted octanol–water partition coefficient (Wildman–Crippen LogP) is 1.53. The Hall–Kier alpha value is -1.78. The molecule has 4 nitrogen and oxygen atoms in total. The average molecular weight is 251 g/mol. The van der Waals surface area contributed by atoms with Crippen LogP contribution in [0.3, 0.4) is 0 Å². The zero-order chi connectivity index (χ0) is 12.8. The molecule has 1 heterocycles. The van der Waals surface area contributed by atoms with Crippen LogP contribution in [0.2, 0.25) is 0 Å². The van der Waals surface area contributed by atoms with Crippen molar-refractivity contribution >= 4 is 5.96 Å². The quantitative estimate of drug-likeness (QED) is 0.853. The molecule has 1 atom stereocenters. The average Bonchev–Trinajstić information content (AvgIpc) is 2.38. The van der Waals surface area contributed by atoms with Gasteiger partial charge in [0.05, 0.1) is 6.54 Å². The summed E-state index contributed by atoms with van der Waals surface area (Å²) in [6.07, 6.45) is 1.01. The smallest absolute Gasteiger partial charge is 0.191 e. The van der Waals surface area contributed by atoms with Gasteiger partial charge >= 0.3 is 0 Å². The Morgan fingerprint density at radius 3 is 3.17 bits per heavy atom. The summed E-state index contributed by atoms with van der Waals surface area (Å²) in [5.41, 5.74) is 0. The first-order valence-electron chi connectivity index (χ1n) is 6.18. The van der Waals surface area contributed by atoms with E-state index in [9.17, 15) is 4.39 Å². The zero-order valence-corrected chi connectivity index (χ0v) is 10.4. The van der Waals surface area contributed by atoms with E-state index < -0.39 is 0 Å². The maximum Gasteiger partial charge on any atom is 0.191 e. The second-order valence-electron chi connectivity index (χ2n) is 4.28. The molecule has 0 bridgehead atoms. The van der Waals surface area contributed by atoms with Crippen molar-refractivity contribution in [2.45, 2.75) is 19.4 Å². The number of hydrogen-bond acceptors (Lipinski definition) is 4. The third kappa shape index (κ3) is 3.91. The molecule has 5 heteroatoms. The van der Waals surface area contributed by atoms with Crippen LogP contribution in [-0.2, 0) is 0 Å². The third-order valence-electron chi connectivity index (χ3n) is 2.59. The molecule has 2 rings (SSSR count). The lowest BCUT2D eigenvalue weighted by Gasteiger charge is -2.19. The fourth-order valence-electron chi connectivity index (χ4n) is 1.71. The monoisotopic (exact) mass is 251 g/mol. The number of ether oxygens (including phenoxy) is 1. The Kier molecular flexibility index (Phi) is 4.39. The van der Waals surface area contributed by atoms with Crippen LogP contribution in [0.5, 0.6) is 5.75 Å². The van der Waals surface area contributed by atoms with Crippen LogP contribution in [-0.4, -0.2) is 31.7 Å². The van der Waals surface area contributed by atoms with Crippen molar-refractivity contribution in [3.05, 3.63) is 30.1 Å². The molecule has 98 valence electrons. The first-order valence-corrected chi connectivity index (χ1v) is 6.18. The molecular weight excluding hydrogens is 233 g/mol. The van der Waals surface area contributed by atoms with Gasteiger partial charge in [-0.05, 0) is 25.5 Å². The van der Waals surface area contributed by atoms with Crippen molar-refractivity contribution in [2.75, 3.05) is 19.6 Å². The lowest BCUT2D eigenvalue weighted by molar-refractivity contribution is 0.223. The molecule has 0 saturated carbocycles. The van der Waals surface area contributed by atoms with E-state index in [1.807, 2.05) is 6.92 Å². The molecule has 0 fully saturated rings. The molecule has 0 aromatic heterocycles. The second kappa shape index (κ2) is 6.23. The van der Waals surface area contributed by atoms with Gasteiger partial charge in [0.15, 0.2) is 5.96 Å². The molecular formula is C13H18FN3O. The molecule has 0 saturated heterocycles. The van der Waals surface area contributed by atoms with Crippen molar-refractivity contribution in [3.8, 4) is 5.75 Å². The van der Waals surface area contributed by atoms with Crippen molar-refractivity contribution in [1.82, 2.24) is 10.6 Å².